The summed E-state index contributed by atoms with van der Waals surface area (Å²) in [6.07, 6.45) is 5.11. The number of para-hydroxylation sites is 2. The van der Waals surface area contributed by atoms with Crippen LogP contribution >= 0.6 is 11.8 Å². The molecule has 0 radical (unpaired) electrons. The second-order valence-electron chi connectivity index (χ2n) is 18.4. The monoisotopic (exact) mass is 920 g/mol. The van der Waals surface area contributed by atoms with Crippen LogP contribution < -0.4 is 28.9 Å². The van der Waals surface area contributed by atoms with Crippen molar-refractivity contribution in [2.75, 3.05) is 47.8 Å². The second kappa shape index (κ2) is 19.0. The number of thioether (sulfide) groups is 1. The van der Waals surface area contributed by atoms with Crippen molar-refractivity contribution in [1.82, 2.24) is 0 Å². The molecular weight excluding hydrogens is 865 g/mol. The number of carbonyl (C=O) groups is 4. The predicted octanol–water partition coefficient (Wildman–Crippen LogP) is 9.44. The highest BCUT2D eigenvalue weighted by Gasteiger charge is 2.39. The Morgan fingerprint density at radius 1 is 0.791 bits per heavy atom. The third-order valence-electron chi connectivity index (χ3n) is 13.0. The zero-order valence-corrected chi connectivity index (χ0v) is 39.7. The van der Waals surface area contributed by atoms with Crippen LogP contribution in [0.15, 0.2) is 96.0 Å². The van der Waals surface area contributed by atoms with E-state index >= 15 is 0 Å². The maximum absolute atomic E-state index is 14.1. The zero-order chi connectivity index (χ0) is 47.0. The largest absolute Gasteiger partial charge is 0.493 e. The van der Waals surface area contributed by atoms with Crippen molar-refractivity contribution < 1.29 is 38.1 Å². The highest BCUT2D eigenvalue weighted by atomic mass is 32.2. The average molecular weight is 921 g/mol. The summed E-state index contributed by atoms with van der Waals surface area (Å²) in [7, 11) is 3.11. The van der Waals surface area contributed by atoms with Gasteiger partial charge in [-0.2, -0.15) is 0 Å². The van der Waals surface area contributed by atoms with Gasteiger partial charge in [-0.05, 0) is 129 Å². The number of carbonyl (C=O) groups excluding carboxylic acids is 4. The standard InChI is InChI=1S/C54H56N4O8S/c1-33-19-43-37(15-16-40-23-38-11-7-9-13-46(38)57(40)52(43)61)25-48(33)65-29-35-20-36(22-41(21-35)56(51(60)17-18-63-5)32-54(3,4)67-31-34(2)59)30-66-50-27-45-44(26-49(50)64-6)53(62)58-42(28-55-45)24-39-12-8-10-14-47(39)58/h7-14,19-22,25-28,40,42H,15-18,23-24,29-32H2,1-6H3/t40-,42+/m1/s1. The summed E-state index contributed by atoms with van der Waals surface area (Å²) < 4.78 is 23.9. The molecule has 2 atom stereocenters. The van der Waals surface area contributed by atoms with Crippen molar-refractivity contribution in [1.29, 1.82) is 0 Å². The molecule has 67 heavy (non-hydrogen) atoms. The minimum atomic E-state index is -0.477. The smallest absolute Gasteiger partial charge is 0.261 e. The molecule has 4 aliphatic rings. The number of fused-ring (bicyclic) bond motifs is 8. The van der Waals surface area contributed by atoms with Crippen molar-refractivity contribution in [3.8, 4) is 17.2 Å². The number of benzene rings is 5. The highest BCUT2D eigenvalue weighted by Crippen LogP contribution is 2.42. The molecule has 5 aromatic carbocycles. The van der Waals surface area contributed by atoms with E-state index in [1.165, 1.54) is 17.3 Å². The Hall–Kier alpha value is -6.44. The molecule has 0 N–H and O–H groups in total. The molecule has 0 bridgehead atoms. The van der Waals surface area contributed by atoms with E-state index in [4.69, 9.17) is 23.9 Å². The van der Waals surface area contributed by atoms with Crippen LogP contribution in [0.3, 0.4) is 0 Å². The van der Waals surface area contributed by atoms with Crippen LogP contribution in [-0.2, 0) is 46.8 Å². The lowest BCUT2D eigenvalue weighted by Crippen LogP contribution is -2.41. The Labute approximate surface area is 396 Å². The summed E-state index contributed by atoms with van der Waals surface area (Å²) in [5.74, 6) is 1.59. The minimum absolute atomic E-state index is 0.0210. The van der Waals surface area contributed by atoms with E-state index in [-0.39, 0.29) is 61.8 Å². The van der Waals surface area contributed by atoms with Crippen LogP contribution in [0.2, 0.25) is 0 Å². The van der Waals surface area contributed by atoms with Gasteiger partial charge in [-0.15, -0.1) is 11.8 Å². The van der Waals surface area contributed by atoms with Gasteiger partial charge in [0.05, 0.1) is 43.2 Å². The number of ether oxygens (including phenoxy) is 4. The lowest BCUT2D eigenvalue weighted by Gasteiger charge is -2.33. The number of Topliss-reactive ketones (excluding diaryl/α,β-unsaturated/α-hetero) is 1. The summed E-state index contributed by atoms with van der Waals surface area (Å²) >= 11 is 1.51. The summed E-state index contributed by atoms with van der Waals surface area (Å²) in [6, 6.07) is 29.3. The van der Waals surface area contributed by atoms with Crippen molar-refractivity contribution in [2.45, 2.75) is 89.8 Å². The van der Waals surface area contributed by atoms with E-state index in [2.05, 4.69) is 6.07 Å². The molecule has 0 saturated heterocycles. The van der Waals surface area contributed by atoms with Crippen molar-refractivity contribution >= 4 is 64.2 Å². The number of hydrogen-bond donors (Lipinski definition) is 0. The third-order valence-corrected chi connectivity index (χ3v) is 14.4. The van der Waals surface area contributed by atoms with Gasteiger partial charge in [-0.25, -0.2) is 0 Å². The highest BCUT2D eigenvalue weighted by molar-refractivity contribution is 8.01. The molecule has 3 amide bonds. The molecule has 4 heterocycles. The van der Waals surface area contributed by atoms with E-state index in [1.807, 2.05) is 105 Å². The molecule has 0 spiro atoms. The first-order chi connectivity index (χ1) is 32.3. The maximum atomic E-state index is 14.1. The van der Waals surface area contributed by atoms with Crippen molar-refractivity contribution in [3.05, 3.63) is 136 Å². The number of aliphatic imine (C=N–C) groups is 1. The first kappa shape index (κ1) is 45.7. The lowest BCUT2D eigenvalue weighted by molar-refractivity contribution is -0.119. The fraction of sp³-hybridized carbons (Fsp3) is 0.352. The number of anilines is 3. The second-order valence-corrected chi connectivity index (χ2v) is 20.1. The SMILES string of the molecule is COCCC(=O)N(CC(C)(C)SCC(C)=O)c1cc(COc2cc3c(cc2C)C(=O)N2c4ccccc4C[C@H]2CC3)cc(COc2cc3c(cc2OC)C(=O)N2c4ccccc4C[C@H]2C=N3)c1. The van der Waals surface area contributed by atoms with E-state index in [0.29, 0.717) is 58.5 Å². The topological polar surface area (TPSA) is 127 Å². The number of nitrogens with zero attached hydrogens (tertiary/aromatic N) is 4. The van der Waals surface area contributed by atoms with Gasteiger partial charge in [0, 0.05) is 65.8 Å². The Bertz CT molecular complexity index is 2800. The first-order valence-electron chi connectivity index (χ1n) is 22.8. The van der Waals surface area contributed by atoms with Gasteiger partial charge in [0.2, 0.25) is 5.91 Å². The number of aryl methyl sites for hydroxylation is 2. The van der Waals surface area contributed by atoms with Crippen molar-refractivity contribution in [3.63, 3.8) is 0 Å². The van der Waals surface area contributed by atoms with Crippen molar-refractivity contribution in [2.24, 2.45) is 4.99 Å². The van der Waals surface area contributed by atoms with Gasteiger partial charge < -0.3 is 28.7 Å². The lowest BCUT2D eigenvalue weighted by atomic mass is 9.98. The Morgan fingerprint density at radius 3 is 2.16 bits per heavy atom. The quantitative estimate of drug-likeness (QED) is 0.0952. The fourth-order valence-corrected chi connectivity index (χ4v) is 10.5. The Morgan fingerprint density at radius 2 is 1.46 bits per heavy atom. The summed E-state index contributed by atoms with van der Waals surface area (Å²) in [6.45, 7) is 8.41. The Kier molecular flexibility index (Phi) is 13.0. The van der Waals surface area contributed by atoms with E-state index in [9.17, 15) is 19.2 Å². The van der Waals surface area contributed by atoms with Gasteiger partial charge in [0.1, 0.15) is 24.7 Å². The molecule has 13 heteroatoms. The molecule has 0 aliphatic carbocycles. The maximum Gasteiger partial charge on any atom is 0.261 e. The van der Waals surface area contributed by atoms with Crippen LogP contribution in [0.1, 0.15) is 87.7 Å². The van der Waals surface area contributed by atoms with Crippen LogP contribution in [0, 0.1) is 6.92 Å². The van der Waals surface area contributed by atoms with E-state index < -0.39 is 4.75 Å². The van der Waals surface area contributed by atoms with Gasteiger partial charge >= 0.3 is 0 Å². The van der Waals surface area contributed by atoms with Gasteiger partial charge in [-0.3, -0.25) is 29.1 Å². The summed E-state index contributed by atoms with van der Waals surface area (Å²) in [5.41, 5.74) is 9.80. The third kappa shape index (κ3) is 9.44. The molecule has 0 saturated carbocycles. The molecule has 12 nitrogen and oxygen atoms in total. The molecule has 4 aliphatic heterocycles. The number of ketones is 1. The zero-order valence-electron chi connectivity index (χ0n) is 38.9. The molecular formula is C54H56N4O8S. The van der Waals surface area contributed by atoms with Gasteiger partial charge in [0.25, 0.3) is 11.8 Å². The van der Waals surface area contributed by atoms with Crippen LogP contribution in [0.5, 0.6) is 17.2 Å². The first-order valence-corrected chi connectivity index (χ1v) is 23.8. The van der Waals surface area contributed by atoms with Crippen LogP contribution in [-0.4, -0.2) is 79.7 Å². The molecule has 0 fully saturated rings. The van der Waals surface area contributed by atoms with Crippen LogP contribution in [0.4, 0.5) is 22.7 Å². The predicted molar refractivity (Wildman–Crippen MR) is 263 cm³/mol. The number of hydrogen-bond acceptors (Lipinski definition) is 10. The molecule has 0 aromatic heterocycles. The molecule has 9 rings (SSSR count). The number of methoxy groups -OCH3 is 2. The fourth-order valence-electron chi connectivity index (χ4n) is 9.66. The van der Waals surface area contributed by atoms with Gasteiger partial charge in [0.15, 0.2) is 11.5 Å². The van der Waals surface area contributed by atoms with Crippen LogP contribution in [0.25, 0.3) is 0 Å². The summed E-state index contributed by atoms with van der Waals surface area (Å²) in [4.78, 5) is 64.7. The molecule has 5 aromatic rings. The average Bonchev–Trinajstić information content (AvgIpc) is 3.81. The Balaban J connectivity index is 1.02. The van der Waals surface area contributed by atoms with E-state index in [0.717, 1.165) is 58.5 Å². The molecule has 346 valence electrons. The normalized spacial score (nSPS) is 16.8. The number of rotatable bonds is 16. The van der Waals surface area contributed by atoms with E-state index in [1.54, 1.807) is 43.1 Å². The number of amides is 3. The molecule has 0 unspecified atom stereocenters. The van der Waals surface area contributed by atoms with Gasteiger partial charge in [-0.1, -0.05) is 36.4 Å². The summed E-state index contributed by atoms with van der Waals surface area (Å²) in [5, 5.41) is 0. The minimum Gasteiger partial charge on any atom is -0.493 e.